The van der Waals surface area contributed by atoms with Gasteiger partial charge in [-0.05, 0) is 38.1 Å². The molecular formula is C15H18ClNO3S. The van der Waals surface area contributed by atoms with Crippen LogP contribution in [0.2, 0.25) is 5.02 Å². The Morgan fingerprint density at radius 2 is 2.00 bits per heavy atom. The molecular weight excluding hydrogens is 310 g/mol. The van der Waals surface area contributed by atoms with Crippen LogP contribution in [0.15, 0.2) is 39.6 Å². The quantitative estimate of drug-likeness (QED) is 0.913. The molecule has 0 fully saturated rings. The molecule has 0 amide bonds. The Hall–Kier alpha value is -1.30. The van der Waals surface area contributed by atoms with Crippen molar-refractivity contribution in [2.24, 2.45) is 0 Å². The maximum atomic E-state index is 11.8. The lowest BCUT2D eigenvalue weighted by molar-refractivity contribution is 0.415. The fourth-order valence-corrected chi connectivity index (χ4v) is 3.35. The number of benzene rings is 1. The van der Waals surface area contributed by atoms with E-state index in [9.17, 15) is 8.42 Å². The van der Waals surface area contributed by atoms with E-state index in [1.165, 1.54) is 6.26 Å². The molecule has 21 heavy (non-hydrogen) atoms. The second-order valence-corrected chi connectivity index (χ2v) is 7.43. The third-order valence-corrected chi connectivity index (χ3v) is 4.78. The highest BCUT2D eigenvalue weighted by molar-refractivity contribution is 7.90. The Labute approximate surface area is 130 Å². The largest absolute Gasteiger partial charge is 0.465 e. The van der Waals surface area contributed by atoms with Gasteiger partial charge in [0.05, 0.1) is 10.9 Å². The fraction of sp³-hybridized carbons (Fsp3) is 0.333. The summed E-state index contributed by atoms with van der Waals surface area (Å²) in [5.41, 5.74) is 0.580. The first-order valence-electron chi connectivity index (χ1n) is 6.56. The molecule has 1 atom stereocenters. The number of rotatable bonds is 5. The minimum atomic E-state index is -3.31. The summed E-state index contributed by atoms with van der Waals surface area (Å²) in [5.74, 6) is 1.65. The van der Waals surface area contributed by atoms with E-state index in [0.717, 1.165) is 11.5 Å². The van der Waals surface area contributed by atoms with Crippen LogP contribution in [0, 0.1) is 6.92 Å². The van der Waals surface area contributed by atoms with Gasteiger partial charge in [-0.1, -0.05) is 17.7 Å². The monoisotopic (exact) mass is 327 g/mol. The fourth-order valence-electron chi connectivity index (χ4n) is 2.10. The third kappa shape index (κ3) is 3.87. The number of hydrogen-bond donors (Lipinski definition) is 1. The average Bonchev–Trinajstić information content (AvgIpc) is 2.82. The van der Waals surface area contributed by atoms with E-state index in [-0.39, 0.29) is 10.9 Å². The lowest BCUT2D eigenvalue weighted by Crippen LogP contribution is -2.19. The zero-order valence-corrected chi connectivity index (χ0v) is 13.8. The molecule has 0 bridgehead atoms. The molecule has 0 saturated carbocycles. The Kier molecular flexibility index (Phi) is 4.76. The third-order valence-electron chi connectivity index (χ3n) is 3.25. The van der Waals surface area contributed by atoms with Crippen molar-refractivity contribution < 1.29 is 12.8 Å². The SMILES string of the molecule is Cc1ccc(C(C)NCc2c(Cl)cccc2S(C)(=O)=O)o1. The molecule has 114 valence electrons. The molecule has 2 rings (SSSR count). The second kappa shape index (κ2) is 6.22. The van der Waals surface area contributed by atoms with Gasteiger partial charge in [-0.15, -0.1) is 0 Å². The first-order chi connectivity index (χ1) is 9.79. The highest BCUT2D eigenvalue weighted by Gasteiger charge is 2.17. The van der Waals surface area contributed by atoms with E-state index in [1.807, 2.05) is 26.0 Å². The van der Waals surface area contributed by atoms with Gasteiger partial charge in [-0.2, -0.15) is 0 Å². The van der Waals surface area contributed by atoms with Crippen molar-refractivity contribution in [3.63, 3.8) is 0 Å². The zero-order valence-electron chi connectivity index (χ0n) is 12.2. The summed E-state index contributed by atoms with van der Waals surface area (Å²) in [6.45, 7) is 4.18. The van der Waals surface area contributed by atoms with Gasteiger partial charge >= 0.3 is 0 Å². The van der Waals surface area contributed by atoms with Crippen LogP contribution in [0.1, 0.15) is 30.0 Å². The van der Waals surface area contributed by atoms with E-state index >= 15 is 0 Å². The number of nitrogens with one attached hydrogen (secondary N) is 1. The zero-order chi connectivity index (χ0) is 15.6. The Balaban J connectivity index is 2.20. The second-order valence-electron chi connectivity index (χ2n) is 5.04. The normalized spacial score (nSPS) is 13.3. The summed E-state index contributed by atoms with van der Waals surface area (Å²) in [7, 11) is -3.31. The summed E-state index contributed by atoms with van der Waals surface area (Å²) in [6, 6.07) is 8.65. The van der Waals surface area contributed by atoms with Gasteiger partial charge in [0.25, 0.3) is 0 Å². The molecule has 0 aliphatic heterocycles. The molecule has 0 aliphatic rings. The van der Waals surface area contributed by atoms with Crippen LogP contribution in [-0.4, -0.2) is 14.7 Å². The molecule has 0 aliphatic carbocycles. The molecule has 6 heteroatoms. The van der Waals surface area contributed by atoms with Gasteiger partial charge in [0, 0.05) is 23.4 Å². The van der Waals surface area contributed by atoms with E-state index < -0.39 is 9.84 Å². The maximum Gasteiger partial charge on any atom is 0.175 e. The summed E-state index contributed by atoms with van der Waals surface area (Å²) in [4.78, 5) is 0.255. The summed E-state index contributed by atoms with van der Waals surface area (Å²) in [6.07, 6.45) is 1.18. The maximum absolute atomic E-state index is 11.8. The lowest BCUT2D eigenvalue weighted by Gasteiger charge is -2.15. The van der Waals surface area contributed by atoms with Gasteiger partial charge in [0.2, 0.25) is 0 Å². The average molecular weight is 328 g/mol. The molecule has 1 aromatic carbocycles. The van der Waals surface area contributed by atoms with Crippen LogP contribution in [0.25, 0.3) is 0 Å². The number of hydrogen-bond acceptors (Lipinski definition) is 4. The molecule has 1 heterocycles. The first-order valence-corrected chi connectivity index (χ1v) is 8.83. The van der Waals surface area contributed by atoms with Crippen LogP contribution in [0.3, 0.4) is 0 Å². The number of aryl methyl sites for hydroxylation is 1. The van der Waals surface area contributed by atoms with Crippen molar-refractivity contribution in [3.05, 3.63) is 52.4 Å². The van der Waals surface area contributed by atoms with Crippen molar-refractivity contribution in [1.29, 1.82) is 0 Å². The molecule has 1 N–H and O–H groups in total. The van der Waals surface area contributed by atoms with E-state index in [0.29, 0.717) is 17.1 Å². The van der Waals surface area contributed by atoms with E-state index in [1.54, 1.807) is 18.2 Å². The van der Waals surface area contributed by atoms with Gasteiger partial charge in [-0.25, -0.2) is 8.42 Å². The molecule has 1 aromatic heterocycles. The molecule has 0 radical (unpaired) electrons. The summed E-state index contributed by atoms with van der Waals surface area (Å²) >= 11 is 6.14. The lowest BCUT2D eigenvalue weighted by atomic mass is 10.2. The number of halogens is 1. The van der Waals surface area contributed by atoms with Gasteiger partial charge in [0.15, 0.2) is 9.84 Å². The van der Waals surface area contributed by atoms with Crippen molar-refractivity contribution in [2.75, 3.05) is 6.26 Å². The smallest absolute Gasteiger partial charge is 0.175 e. The van der Waals surface area contributed by atoms with E-state index in [2.05, 4.69) is 5.32 Å². The van der Waals surface area contributed by atoms with Crippen molar-refractivity contribution in [3.8, 4) is 0 Å². The molecule has 0 saturated heterocycles. The van der Waals surface area contributed by atoms with E-state index in [4.69, 9.17) is 16.0 Å². The predicted molar refractivity (Wildman–Crippen MR) is 83.3 cm³/mol. The van der Waals surface area contributed by atoms with Crippen LogP contribution < -0.4 is 5.32 Å². The van der Waals surface area contributed by atoms with Crippen molar-refractivity contribution in [1.82, 2.24) is 5.32 Å². The molecule has 0 spiro atoms. The van der Waals surface area contributed by atoms with Crippen LogP contribution in [0.4, 0.5) is 0 Å². The predicted octanol–water partition coefficient (Wildman–Crippen LogP) is 3.50. The first kappa shape index (κ1) is 16.1. The minimum Gasteiger partial charge on any atom is -0.465 e. The van der Waals surface area contributed by atoms with Crippen LogP contribution >= 0.6 is 11.6 Å². The number of sulfone groups is 1. The summed E-state index contributed by atoms with van der Waals surface area (Å²) < 4.78 is 29.2. The standard InChI is InChI=1S/C15H18ClNO3S/c1-10-7-8-14(20-10)11(2)17-9-12-13(16)5-4-6-15(12)21(3,18)19/h4-8,11,17H,9H2,1-3H3. The van der Waals surface area contributed by atoms with Crippen LogP contribution in [0.5, 0.6) is 0 Å². The van der Waals surface area contributed by atoms with Gasteiger partial charge < -0.3 is 9.73 Å². The van der Waals surface area contributed by atoms with Crippen molar-refractivity contribution >= 4 is 21.4 Å². The Morgan fingerprint density at radius 3 is 2.57 bits per heavy atom. The number of furan rings is 1. The highest BCUT2D eigenvalue weighted by Crippen LogP contribution is 2.25. The highest BCUT2D eigenvalue weighted by atomic mass is 35.5. The minimum absolute atomic E-state index is 0.0395. The topological polar surface area (TPSA) is 59.3 Å². The Bertz CT molecular complexity index is 737. The van der Waals surface area contributed by atoms with Crippen molar-refractivity contribution in [2.45, 2.75) is 31.3 Å². The molecule has 4 nitrogen and oxygen atoms in total. The van der Waals surface area contributed by atoms with Crippen LogP contribution in [-0.2, 0) is 16.4 Å². The molecule has 2 aromatic rings. The molecule has 1 unspecified atom stereocenters. The van der Waals surface area contributed by atoms with Gasteiger partial charge in [0.1, 0.15) is 11.5 Å². The Morgan fingerprint density at radius 1 is 1.29 bits per heavy atom. The summed E-state index contributed by atoms with van der Waals surface area (Å²) in [5, 5.41) is 3.68. The van der Waals surface area contributed by atoms with Gasteiger partial charge in [-0.3, -0.25) is 0 Å².